The number of benzene rings is 3. The van der Waals surface area contributed by atoms with E-state index in [1.165, 1.54) is 0 Å². The summed E-state index contributed by atoms with van der Waals surface area (Å²) in [5.74, 6) is 0.509. The van der Waals surface area contributed by atoms with Gasteiger partial charge in [0.2, 0.25) is 0 Å². The smallest absolute Gasteiger partial charge is 0.255 e. The van der Waals surface area contributed by atoms with E-state index in [1.54, 1.807) is 31.4 Å². The molecule has 0 saturated carbocycles. The summed E-state index contributed by atoms with van der Waals surface area (Å²) in [5, 5.41) is 5.86. The lowest BCUT2D eigenvalue weighted by Gasteiger charge is -2.17. The van der Waals surface area contributed by atoms with Crippen LogP contribution in [0.5, 0.6) is 5.75 Å². The first kappa shape index (κ1) is 23.1. The van der Waals surface area contributed by atoms with Crippen LogP contribution in [-0.2, 0) is 6.42 Å². The number of hydrogen-bond acceptors (Lipinski definition) is 3. The van der Waals surface area contributed by atoms with E-state index in [0.29, 0.717) is 23.4 Å². The Hall–Kier alpha value is -3.60. The molecule has 0 aromatic heterocycles. The summed E-state index contributed by atoms with van der Waals surface area (Å²) in [4.78, 5) is 25.9. The summed E-state index contributed by atoms with van der Waals surface area (Å²) in [7, 11) is 1.63. The van der Waals surface area contributed by atoms with Crippen LogP contribution >= 0.6 is 0 Å². The van der Waals surface area contributed by atoms with E-state index >= 15 is 0 Å². The van der Waals surface area contributed by atoms with Crippen LogP contribution in [0.4, 0.5) is 5.69 Å². The van der Waals surface area contributed by atoms with Gasteiger partial charge < -0.3 is 15.4 Å². The number of hydrogen-bond donors (Lipinski definition) is 2. The van der Waals surface area contributed by atoms with Gasteiger partial charge in [-0.15, -0.1) is 0 Å². The van der Waals surface area contributed by atoms with Crippen molar-refractivity contribution in [3.05, 3.63) is 94.5 Å². The SMILES string of the molecule is COc1cc(C)c(C(=O)Nc2ccccc2C(=O)NCCc2ccccc2)cc1C(C)C. The Morgan fingerprint density at radius 1 is 0.906 bits per heavy atom. The molecule has 0 saturated heterocycles. The monoisotopic (exact) mass is 430 g/mol. The fourth-order valence-electron chi connectivity index (χ4n) is 3.61. The second kappa shape index (κ2) is 10.6. The molecule has 166 valence electrons. The first-order valence-electron chi connectivity index (χ1n) is 10.8. The van der Waals surface area contributed by atoms with Crippen LogP contribution in [0.15, 0.2) is 66.7 Å². The van der Waals surface area contributed by atoms with E-state index < -0.39 is 0 Å². The third kappa shape index (κ3) is 5.55. The highest BCUT2D eigenvalue weighted by atomic mass is 16.5. The predicted molar refractivity (Wildman–Crippen MR) is 129 cm³/mol. The van der Waals surface area contributed by atoms with Gasteiger partial charge in [-0.05, 0) is 60.2 Å². The molecule has 0 spiro atoms. The number of carbonyl (C=O) groups excluding carboxylic acids is 2. The minimum Gasteiger partial charge on any atom is -0.496 e. The van der Waals surface area contributed by atoms with Crippen molar-refractivity contribution in [3.8, 4) is 5.75 Å². The average Bonchev–Trinajstić information content (AvgIpc) is 2.79. The van der Waals surface area contributed by atoms with Crippen molar-refractivity contribution < 1.29 is 14.3 Å². The highest BCUT2D eigenvalue weighted by Crippen LogP contribution is 2.30. The Morgan fingerprint density at radius 2 is 1.59 bits per heavy atom. The summed E-state index contributed by atoms with van der Waals surface area (Å²) in [5.41, 5.74) is 4.42. The molecule has 32 heavy (non-hydrogen) atoms. The van der Waals surface area contributed by atoms with Gasteiger partial charge in [0.15, 0.2) is 0 Å². The molecule has 0 fully saturated rings. The number of anilines is 1. The molecule has 2 N–H and O–H groups in total. The number of carbonyl (C=O) groups is 2. The molecule has 0 atom stereocenters. The van der Waals surface area contributed by atoms with E-state index in [0.717, 1.165) is 28.9 Å². The van der Waals surface area contributed by atoms with E-state index in [-0.39, 0.29) is 17.7 Å². The third-order valence-corrected chi connectivity index (χ3v) is 5.41. The Bertz CT molecular complexity index is 1090. The fourth-order valence-corrected chi connectivity index (χ4v) is 3.61. The molecule has 5 heteroatoms. The number of nitrogens with one attached hydrogen (secondary N) is 2. The highest BCUT2D eigenvalue weighted by Gasteiger charge is 2.18. The van der Waals surface area contributed by atoms with Gasteiger partial charge in [-0.1, -0.05) is 56.3 Å². The quantitative estimate of drug-likeness (QED) is 0.506. The number of para-hydroxylation sites is 1. The fraction of sp³-hybridized carbons (Fsp3) is 0.259. The van der Waals surface area contributed by atoms with Crippen LogP contribution in [0, 0.1) is 6.92 Å². The van der Waals surface area contributed by atoms with Gasteiger partial charge in [0.05, 0.1) is 18.4 Å². The maximum Gasteiger partial charge on any atom is 0.255 e. The molecule has 0 bridgehead atoms. The molecular formula is C27H30N2O3. The number of aryl methyl sites for hydroxylation is 1. The van der Waals surface area contributed by atoms with Crippen molar-refractivity contribution in [1.29, 1.82) is 0 Å². The highest BCUT2D eigenvalue weighted by molar-refractivity contribution is 6.09. The van der Waals surface area contributed by atoms with Gasteiger partial charge in [-0.25, -0.2) is 0 Å². The molecule has 0 aliphatic heterocycles. The van der Waals surface area contributed by atoms with Gasteiger partial charge in [0, 0.05) is 12.1 Å². The second-order valence-corrected chi connectivity index (χ2v) is 8.05. The number of methoxy groups -OCH3 is 1. The molecule has 0 heterocycles. The van der Waals surface area contributed by atoms with Crippen LogP contribution < -0.4 is 15.4 Å². The standard InChI is InChI=1S/C27H30N2O3/c1-18(2)22-17-23(19(3)16-25(22)32-4)27(31)29-24-13-9-8-12-21(24)26(30)28-15-14-20-10-6-5-7-11-20/h5-13,16-18H,14-15H2,1-4H3,(H,28,30)(H,29,31). The van der Waals surface area contributed by atoms with Crippen LogP contribution in [0.1, 0.15) is 57.2 Å². The molecule has 3 rings (SSSR count). The first-order chi connectivity index (χ1) is 15.4. The molecule has 0 aliphatic carbocycles. The second-order valence-electron chi connectivity index (χ2n) is 8.05. The Kier molecular flexibility index (Phi) is 7.66. The molecule has 3 aromatic rings. The third-order valence-electron chi connectivity index (χ3n) is 5.41. The lowest BCUT2D eigenvalue weighted by Crippen LogP contribution is -2.27. The van der Waals surface area contributed by atoms with Crippen molar-refractivity contribution in [3.63, 3.8) is 0 Å². The van der Waals surface area contributed by atoms with E-state index in [2.05, 4.69) is 24.5 Å². The molecule has 3 aromatic carbocycles. The maximum atomic E-state index is 13.1. The zero-order valence-corrected chi connectivity index (χ0v) is 19.1. The van der Waals surface area contributed by atoms with Gasteiger partial charge >= 0.3 is 0 Å². The maximum absolute atomic E-state index is 13.1. The van der Waals surface area contributed by atoms with E-state index in [1.807, 2.05) is 49.4 Å². The minimum absolute atomic E-state index is 0.208. The van der Waals surface area contributed by atoms with Gasteiger partial charge in [-0.3, -0.25) is 9.59 Å². The zero-order chi connectivity index (χ0) is 23.1. The van der Waals surface area contributed by atoms with Gasteiger partial charge in [0.1, 0.15) is 5.75 Å². The molecule has 0 aliphatic rings. The summed E-state index contributed by atoms with van der Waals surface area (Å²) >= 11 is 0. The van der Waals surface area contributed by atoms with E-state index in [9.17, 15) is 9.59 Å². The molecular weight excluding hydrogens is 400 g/mol. The minimum atomic E-state index is -0.253. The summed E-state index contributed by atoms with van der Waals surface area (Å²) < 4.78 is 5.48. The Morgan fingerprint density at radius 3 is 2.28 bits per heavy atom. The molecule has 2 amide bonds. The lowest BCUT2D eigenvalue weighted by molar-refractivity contribution is 0.0955. The summed E-state index contributed by atoms with van der Waals surface area (Å²) in [6, 6.07) is 20.8. The van der Waals surface area contributed by atoms with Crippen molar-refractivity contribution >= 4 is 17.5 Å². The van der Waals surface area contributed by atoms with Crippen molar-refractivity contribution in [2.45, 2.75) is 33.1 Å². The number of rotatable bonds is 8. The summed E-state index contributed by atoms with van der Waals surface area (Å²) in [6.07, 6.45) is 0.740. The molecule has 0 unspecified atom stereocenters. The van der Waals surface area contributed by atoms with Crippen LogP contribution in [-0.4, -0.2) is 25.5 Å². The lowest BCUT2D eigenvalue weighted by atomic mass is 9.96. The van der Waals surface area contributed by atoms with Crippen molar-refractivity contribution in [2.75, 3.05) is 19.0 Å². The number of amides is 2. The number of ether oxygens (including phenoxy) is 1. The van der Waals surface area contributed by atoms with Gasteiger partial charge in [0.25, 0.3) is 11.8 Å². The molecule has 5 nitrogen and oxygen atoms in total. The normalized spacial score (nSPS) is 10.7. The van der Waals surface area contributed by atoms with Crippen molar-refractivity contribution in [2.24, 2.45) is 0 Å². The topological polar surface area (TPSA) is 67.4 Å². The summed E-state index contributed by atoms with van der Waals surface area (Å²) in [6.45, 7) is 6.51. The van der Waals surface area contributed by atoms with Crippen molar-refractivity contribution in [1.82, 2.24) is 5.32 Å². The molecule has 0 radical (unpaired) electrons. The zero-order valence-electron chi connectivity index (χ0n) is 19.1. The van der Waals surface area contributed by atoms with Crippen LogP contribution in [0.3, 0.4) is 0 Å². The Labute approximate surface area is 189 Å². The van der Waals surface area contributed by atoms with E-state index in [4.69, 9.17) is 4.74 Å². The Balaban J connectivity index is 1.75. The van der Waals surface area contributed by atoms with Crippen LogP contribution in [0.25, 0.3) is 0 Å². The predicted octanol–water partition coefficient (Wildman–Crippen LogP) is 5.35. The largest absolute Gasteiger partial charge is 0.496 e. The van der Waals surface area contributed by atoms with Gasteiger partial charge in [-0.2, -0.15) is 0 Å². The first-order valence-corrected chi connectivity index (χ1v) is 10.8. The average molecular weight is 431 g/mol. The van der Waals surface area contributed by atoms with Crippen LogP contribution in [0.2, 0.25) is 0 Å².